The van der Waals surface area contributed by atoms with Crippen LogP contribution in [-0.4, -0.2) is 24.3 Å². The summed E-state index contributed by atoms with van der Waals surface area (Å²) >= 11 is 0. The van der Waals surface area contributed by atoms with Crippen molar-refractivity contribution in [1.29, 1.82) is 0 Å². The molecule has 0 N–H and O–H groups in total. The zero-order valence-corrected chi connectivity index (χ0v) is 8.33. The van der Waals surface area contributed by atoms with Gasteiger partial charge < -0.3 is 9.47 Å². The fourth-order valence-electron chi connectivity index (χ4n) is 2.33. The largest absolute Gasteiger partial charge is 0.454 e. The van der Waals surface area contributed by atoms with Crippen molar-refractivity contribution in [3.8, 4) is 0 Å². The topological polar surface area (TPSA) is 35.5 Å². The van der Waals surface area contributed by atoms with Crippen molar-refractivity contribution >= 4 is 5.97 Å². The molecule has 0 aromatic carbocycles. The quantitative estimate of drug-likeness (QED) is 0.499. The molecular weight excluding hydrogens is 180 g/mol. The molecule has 0 amide bonds. The zero-order valence-electron chi connectivity index (χ0n) is 8.33. The second-order valence-corrected chi connectivity index (χ2v) is 4.07. The summed E-state index contributed by atoms with van der Waals surface area (Å²) in [5.41, 5.74) is -0.142. The molecule has 1 saturated carbocycles. The number of esters is 1. The second kappa shape index (κ2) is 3.73. The molecule has 0 radical (unpaired) electrons. The lowest BCUT2D eigenvalue weighted by Gasteiger charge is -2.50. The van der Waals surface area contributed by atoms with Gasteiger partial charge in [0.2, 0.25) is 0 Å². The highest BCUT2D eigenvalue weighted by molar-refractivity contribution is 5.81. The predicted octanol–water partition coefficient (Wildman–Crippen LogP) is 1.82. The Morgan fingerprint density at radius 3 is 2.64 bits per heavy atom. The van der Waals surface area contributed by atoms with Gasteiger partial charge in [0.1, 0.15) is 5.60 Å². The Kier molecular flexibility index (Phi) is 2.59. The van der Waals surface area contributed by atoms with Gasteiger partial charge in [-0.3, -0.25) is 0 Å². The molecule has 1 aliphatic heterocycles. The van der Waals surface area contributed by atoms with E-state index in [9.17, 15) is 4.79 Å². The Labute approximate surface area is 84.1 Å². The summed E-state index contributed by atoms with van der Waals surface area (Å²) in [5, 5.41) is 0. The van der Waals surface area contributed by atoms with Gasteiger partial charge in [0.15, 0.2) is 6.10 Å². The Hall–Kier alpha value is -0.830. The van der Waals surface area contributed by atoms with E-state index in [0.717, 1.165) is 12.8 Å². The van der Waals surface area contributed by atoms with E-state index in [2.05, 4.69) is 6.58 Å². The van der Waals surface area contributed by atoms with Crippen LogP contribution >= 0.6 is 0 Å². The zero-order chi connectivity index (χ0) is 10.0. The standard InChI is InChI=1S/C11H16O3/c1-2-10(12)14-9-8-13-11(9)6-4-3-5-7-11/h2,9H,1,3-8H2. The summed E-state index contributed by atoms with van der Waals surface area (Å²) in [6.45, 7) is 3.95. The van der Waals surface area contributed by atoms with E-state index in [1.54, 1.807) is 0 Å². The molecule has 2 rings (SSSR count). The Morgan fingerprint density at radius 2 is 2.14 bits per heavy atom. The second-order valence-electron chi connectivity index (χ2n) is 4.07. The van der Waals surface area contributed by atoms with Crippen LogP contribution in [-0.2, 0) is 14.3 Å². The normalized spacial score (nSPS) is 29.3. The molecule has 0 aromatic rings. The van der Waals surface area contributed by atoms with E-state index in [4.69, 9.17) is 9.47 Å². The lowest BCUT2D eigenvalue weighted by Crippen LogP contribution is -2.60. The number of ether oxygens (including phenoxy) is 2. The van der Waals surface area contributed by atoms with Gasteiger partial charge in [-0.05, 0) is 12.8 Å². The van der Waals surface area contributed by atoms with Crippen LogP contribution in [0.25, 0.3) is 0 Å². The molecule has 2 aliphatic rings. The number of carbonyl (C=O) groups excluding carboxylic acids is 1. The molecular formula is C11H16O3. The summed E-state index contributed by atoms with van der Waals surface area (Å²) in [5.74, 6) is -0.330. The molecule has 78 valence electrons. The van der Waals surface area contributed by atoms with Crippen LogP contribution < -0.4 is 0 Å². The maximum atomic E-state index is 11.0. The Bertz CT molecular complexity index is 241. The van der Waals surface area contributed by atoms with Gasteiger partial charge in [-0.25, -0.2) is 4.79 Å². The Morgan fingerprint density at radius 1 is 1.43 bits per heavy atom. The monoisotopic (exact) mass is 196 g/mol. The SMILES string of the molecule is C=CC(=O)OC1COC12CCCCC2. The van der Waals surface area contributed by atoms with Crippen molar-refractivity contribution in [2.24, 2.45) is 0 Å². The molecule has 1 aliphatic carbocycles. The van der Waals surface area contributed by atoms with E-state index < -0.39 is 0 Å². The van der Waals surface area contributed by atoms with Gasteiger partial charge in [-0.1, -0.05) is 25.8 Å². The maximum absolute atomic E-state index is 11.0. The van der Waals surface area contributed by atoms with Gasteiger partial charge in [0.05, 0.1) is 6.61 Å². The lowest BCUT2D eigenvalue weighted by atomic mass is 9.77. The smallest absolute Gasteiger partial charge is 0.330 e. The van der Waals surface area contributed by atoms with Gasteiger partial charge in [-0.2, -0.15) is 0 Å². The van der Waals surface area contributed by atoms with Crippen LogP contribution in [0.1, 0.15) is 32.1 Å². The van der Waals surface area contributed by atoms with E-state index in [0.29, 0.717) is 6.61 Å². The van der Waals surface area contributed by atoms with Gasteiger partial charge in [0.25, 0.3) is 0 Å². The molecule has 14 heavy (non-hydrogen) atoms. The van der Waals surface area contributed by atoms with Crippen LogP contribution in [0.2, 0.25) is 0 Å². The minimum absolute atomic E-state index is 0.0340. The molecule has 1 unspecified atom stereocenters. The summed E-state index contributed by atoms with van der Waals surface area (Å²) in [6, 6.07) is 0. The van der Waals surface area contributed by atoms with Gasteiger partial charge in [0, 0.05) is 6.08 Å². The van der Waals surface area contributed by atoms with Crippen LogP contribution in [0, 0.1) is 0 Å². The predicted molar refractivity (Wildman–Crippen MR) is 51.8 cm³/mol. The van der Waals surface area contributed by atoms with Crippen molar-refractivity contribution < 1.29 is 14.3 Å². The molecule has 0 aromatic heterocycles. The molecule has 3 nitrogen and oxygen atoms in total. The van der Waals surface area contributed by atoms with Crippen molar-refractivity contribution in [2.45, 2.75) is 43.8 Å². The molecule has 2 fully saturated rings. The summed E-state index contributed by atoms with van der Waals surface area (Å²) in [7, 11) is 0. The molecule has 0 bridgehead atoms. The number of carbonyl (C=O) groups is 1. The number of hydrogen-bond donors (Lipinski definition) is 0. The van der Waals surface area contributed by atoms with Gasteiger partial charge >= 0.3 is 5.97 Å². The van der Waals surface area contributed by atoms with Gasteiger partial charge in [-0.15, -0.1) is 0 Å². The average molecular weight is 196 g/mol. The summed E-state index contributed by atoms with van der Waals surface area (Å²) in [4.78, 5) is 11.0. The first-order valence-electron chi connectivity index (χ1n) is 5.24. The van der Waals surface area contributed by atoms with Crippen molar-refractivity contribution in [1.82, 2.24) is 0 Å². The first-order valence-corrected chi connectivity index (χ1v) is 5.24. The minimum atomic E-state index is -0.330. The third-order valence-corrected chi connectivity index (χ3v) is 3.23. The molecule has 3 heteroatoms. The number of hydrogen-bond acceptors (Lipinski definition) is 3. The molecule has 1 spiro atoms. The third-order valence-electron chi connectivity index (χ3n) is 3.23. The van der Waals surface area contributed by atoms with Crippen LogP contribution in [0.5, 0.6) is 0 Å². The minimum Gasteiger partial charge on any atom is -0.454 e. The summed E-state index contributed by atoms with van der Waals surface area (Å²) in [6.07, 6.45) is 6.88. The van der Waals surface area contributed by atoms with Crippen molar-refractivity contribution in [2.75, 3.05) is 6.61 Å². The summed E-state index contributed by atoms with van der Waals surface area (Å²) < 4.78 is 10.9. The fraction of sp³-hybridized carbons (Fsp3) is 0.727. The first kappa shape index (κ1) is 9.71. The first-order chi connectivity index (χ1) is 6.77. The lowest BCUT2D eigenvalue weighted by molar-refractivity contribution is -0.259. The third kappa shape index (κ3) is 1.57. The maximum Gasteiger partial charge on any atom is 0.330 e. The van der Waals surface area contributed by atoms with E-state index in [-0.39, 0.29) is 17.7 Å². The average Bonchev–Trinajstić information content (AvgIpc) is 2.25. The molecule has 1 saturated heterocycles. The highest BCUT2D eigenvalue weighted by Crippen LogP contribution is 2.42. The number of rotatable bonds is 2. The fourth-order valence-corrected chi connectivity index (χ4v) is 2.33. The van der Waals surface area contributed by atoms with Crippen LogP contribution in [0.3, 0.4) is 0 Å². The van der Waals surface area contributed by atoms with Crippen molar-refractivity contribution in [3.63, 3.8) is 0 Å². The van der Waals surface area contributed by atoms with Crippen LogP contribution in [0.15, 0.2) is 12.7 Å². The van der Waals surface area contributed by atoms with Crippen LogP contribution in [0.4, 0.5) is 0 Å². The van der Waals surface area contributed by atoms with Crippen molar-refractivity contribution in [3.05, 3.63) is 12.7 Å². The molecule has 1 heterocycles. The van der Waals surface area contributed by atoms with E-state index in [1.165, 1.54) is 25.3 Å². The highest BCUT2D eigenvalue weighted by Gasteiger charge is 2.50. The van der Waals surface area contributed by atoms with E-state index in [1.807, 2.05) is 0 Å². The van der Waals surface area contributed by atoms with E-state index >= 15 is 0 Å². The Balaban J connectivity index is 1.93. The highest BCUT2D eigenvalue weighted by atomic mass is 16.6. The molecule has 1 atom stereocenters.